The topological polar surface area (TPSA) is 72.9 Å². The van der Waals surface area contributed by atoms with Gasteiger partial charge in [-0.2, -0.15) is 0 Å². The van der Waals surface area contributed by atoms with Gasteiger partial charge < -0.3 is 9.80 Å². The molecule has 4 heterocycles. The van der Waals surface area contributed by atoms with E-state index in [2.05, 4.69) is 78.1 Å². The summed E-state index contributed by atoms with van der Waals surface area (Å²) < 4.78 is 0. The van der Waals surface area contributed by atoms with Crippen LogP contribution >= 0.6 is 0 Å². The van der Waals surface area contributed by atoms with Crippen molar-refractivity contribution in [1.82, 2.24) is 19.8 Å². The van der Waals surface area contributed by atoms with E-state index in [1.165, 1.54) is 23.3 Å². The predicted octanol–water partition coefficient (Wildman–Crippen LogP) is 5.38. The highest BCUT2D eigenvalue weighted by Crippen LogP contribution is 2.23. The molecule has 0 bridgehead atoms. The number of piperazine rings is 2. The van der Waals surface area contributed by atoms with Crippen molar-refractivity contribution < 1.29 is 9.59 Å². The van der Waals surface area contributed by atoms with Gasteiger partial charge in [0, 0.05) is 89.0 Å². The first-order valence-electron chi connectivity index (χ1n) is 16.4. The molecule has 2 aromatic carbocycles. The highest BCUT2D eigenvalue weighted by atomic mass is 16.1. The van der Waals surface area contributed by atoms with Crippen LogP contribution in [0, 0.1) is 0 Å². The van der Waals surface area contributed by atoms with E-state index in [4.69, 9.17) is 0 Å². The Balaban J connectivity index is 0.999. The Labute approximate surface area is 277 Å². The summed E-state index contributed by atoms with van der Waals surface area (Å²) in [5, 5.41) is 0. The molecule has 6 rings (SSSR count). The maximum absolute atomic E-state index is 12.8. The second kappa shape index (κ2) is 16.1. The summed E-state index contributed by atoms with van der Waals surface area (Å²) in [5.74, 6) is 1.27. The number of carbonyl (C=O) groups excluding carboxylic acids is 2. The Kier molecular flexibility index (Phi) is 11.0. The summed E-state index contributed by atoms with van der Waals surface area (Å²) >= 11 is 0. The first kappa shape index (κ1) is 32.0. The number of benzene rings is 2. The Morgan fingerprint density at radius 1 is 0.532 bits per heavy atom. The van der Waals surface area contributed by atoms with E-state index in [0.717, 1.165) is 88.2 Å². The quantitative estimate of drug-likeness (QED) is 0.154. The first-order chi connectivity index (χ1) is 23.1. The van der Waals surface area contributed by atoms with Crippen LogP contribution < -0.4 is 9.80 Å². The smallest absolute Gasteiger partial charge is 0.163 e. The normalized spacial score (nSPS) is 16.3. The van der Waals surface area contributed by atoms with Crippen LogP contribution in [0.1, 0.15) is 28.7 Å². The van der Waals surface area contributed by atoms with Crippen LogP contribution in [0.5, 0.6) is 0 Å². The van der Waals surface area contributed by atoms with Gasteiger partial charge >= 0.3 is 0 Å². The molecule has 47 heavy (non-hydrogen) atoms. The average Bonchev–Trinajstić information content (AvgIpc) is 3.12. The maximum Gasteiger partial charge on any atom is 0.163 e. The fraction of sp³-hybridized carbons (Fsp3) is 0.282. The molecule has 240 valence electrons. The van der Waals surface area contributed by atoms with Crippen molar-refractivity contribution in [2.24, 2.45) is 0 Å². The van der Waals surface area contributed by atoms with E-state index in [1.807, 2.05) is 36.4 Å². The molecule has 0 spiro atoms. The summed E-state index contributed by atoms with van der Waals surface area (Å²) in [7, 11) is 0. The third-order valence-corrected chi connectivity index (χ3v) is 8.72. The van der Waals surface area contributed by atoms with Crippen molar-refractivity contribution in [2.75, 3.05) is 62.2 Å². The fourth-order valence-corrected chi connectivity index (χ4v) is 6.18. The Hall–Kier alpha value is -4.92. The minimum atomic E-state index is -0.233. The lowest BCUT2D eigenvalue weighted by atomic mass is 10.1. The van der Waals surface area contributed by atoms with Crippen molar-refractivity contribution in [2.45, 2.75) is 19.5 Å². The molecule has 0 unspecified atom stereocenters. The van der Waals surface area contributed by atoms with Crippen LogP contribution in [-0.4, -0.2) is 83.7 Å². The Morgan fingerprint density at radius 3 is 1.34 bits per heavy atom. The van der Waals surface area contributed by atoms with Crippen LogP contribution in [-0.2, 0) is 22.7 Å². The van der Waals surface area contributed by atoms with Crippen molar-refractivity contribution in [3.05, 3.63) is 132 Å². The maximum atomic E-state index is 12.8. The minimum absolute atomic E-state index is 0.186. The summed E-state index contributed by atoms with van der Waals surface area (Å²) in [5.41, 5.74) is 4.40. The number of allylic oxidation sites excluding steroid dienone is 2. The zero-order chi connectivity index (χ0) is 32.3. The second-order valence-electron chi connectivity index (χ2n) is 12.1. The van der Waals surface area contributed by atoms with Gasteiger partial charge in [-0.15, -0.1) is 0 Å². The van der Waals surface area contributed by atoms with E-state index in [9.17, 15) is 9.59 Å². The number of aromatic nitrogens is 2. The van der Waals surface area contributed by atoms with E-state index < -0.39 is 0 Å². The average molecular weight is 627 g/mol. The Bertz CT molecular complexity index is 1550. The number of hydrogen-bond acceptors (Lipinski definition) is 8. The summed E-state index contributed by atoms with van der Waals surface area (Å²) in [6.07, 6.45) is 9.97. The predicted molar refractivity (Wildman–Crippen MR) is 189 cm³/mol. The van der Waals surface area contributed by atoms with Gasteiger partial charge in [0.2, 0.25) is 0 Å². The summed E-state index contributed by atoms with van der Waals surface area (Å²) in [6.45, 7) is 9.10. The fourth-order valence-electron chi connectivity index (χ4n) is 6.18. The van der Waals surface area contributed by atoms with Crippen LogP contribution in [0.15, 0.2) is 109 Å². The number of rotatable bonds is 12. The molecule has 0 aliphatic carbocycles. The Morgan fingerprint density at radius 2 is 0.936 bits per heavy atom. The number of nitrogens with zero attached hydrogens (tertiary/aromatic N) is 6. The molecule has 2 aliphatic heterocycles. The number of carbonyl (C=O) groups is 2. The van der Waals surface area contributed by atoms with E-state index >= 15 is 0 Å². The van der Waals surface area contributed by atoms with Crippen LogP contribution in [0.3, 0.4) is 0 Å². The molecule has 0 radical (unpaired) electrons. The van der Waals surface area contributed by atoms with E-state index in [-0.39, 0.29) is 18.0 Å². The molecule has 2 aromatic heterocycles. The lowest BCUT2D eigenvalue weighted by Gasteiger charge is -2.36. The molecular formula is C39H42N6O2. The highest BCUT2D eigenvalue weighted by molar-refractivity contribution is 6.11. The third-order valence-electron chi connectivity index (χ3n) is 8.72. The molecule has 2 saturated heterocycles. The van der Waals surface area contributed by atoms with Crippen molar-refractivity contribution in [3.63, 3.8) is 0 Å². The summed E-state index contributed by atoms with van der Waals surface area (Å²) in [6, 6.07) is 28.8. The monoisotopic (exact) mass is 626 g/mol. The molecule has 0 saturated carbocycles. The zero-order valence-electron chi connectivity index (χ0n) is 26.8. The molecule has 0 atom stereocenters. The van der Waals surface area contributed by atoms with E-state index in [0.29, 0.717) is 0 Å². The molecule has 8 heteroatoms. The van der Waals surface area contributed by atoms with Crippen molar-refractivity contribution >= 4 is 35.4 Å². The lowest BCUT2D eigenvalue weighted by molar-refractivity contribution is -0.121. The van der Waals surface area contributed by atoms with Gasteiger partial charge in [-0.25, -0.2) is 9.97 Å². The molecule has 2 fully saturated rings. The molecular weight excluding hydrogens is 584 g/mol. The first-order valence-corrected chi connectivity index (χ1v) is 16.4. The molecule has 8 nitrogen and oxygen atoms in total. The minimum Gasteiger partial charge on any atom is -0.354 e. The number of anilines is 2. The molecule has 4 aromatic rings. The highest BCUT2D eigenvalue weighted by Gasteiger charge is 2.21. The van der Waals surface area contributed by atoms with Crippen molar-refractivity contribution in [1.29, 1.82) is 0 Å². The van der Waals surface area contributed by atoms with Crippen LogP contribution in [0.25, 0.3) is 12.2 Å². The van der Waals surface area contributed by atoms with Crippen molar-refractivity contribution in [3.8, 4) is 0 Å². The van der Waals surface area contributed by atoms with Crippen LogP contribution in [0.4, 0.5) is 11.6 Å². The largest absolute Gasteiger partial charge is 0.354 e. The summed E-state index contributed by atoms with van der Waals surface area (Å²) in [4.78, 5) is 44.3. The second-order valence-corrected chi connectivity index (χ2v) is 12.1. The SMILES string of the molecule is O=C(/C=C/c1cccnc1N1CCN(Cc2ccccc2)CC1)CC(=O)/C=C/c1cccnc1N1CCN(Cc2ccccc2)CC1. The molecule has 2 aliphatic rings. The standard InChI is InChI=1S/C39H42N6O2/c46-36(17-15-34-13-7-19-40-38(34)44-25-21-42(22-26-44)30-32-9-3-1-4-10-32)29-37(47)18-16-35-14-8-20-41-39(35)45-27-23-43(24-28-45)31-33-11-5-2-6-12-33/h1-20H,21-31H2/b17-15+,18-16+. The number of hydrogen-bond donors (Lipinski definition) is 0. The number of ketones is 2. The van der Waals surface area contributed by atoms with Gasteiger partial charge in [0.05, 0.1) is 6.42 Å². The van der Waals surface area contributed by atoms with Gasteiger partial charge in [-0.05, 0) is 59.7 Å². The van der Waals surface area contributed by atoms with Gasteiger partial charge in [0.1, 0.15) is 11.6 Å². The van der Waals surface area contributed by atoms with Gasteiger partial charge in [0.25, 0.3) is 0 Å². The molecule has 0 N–H and O–H groups in total. The van der Waals surface area contributed by atoms with Gasteiger partial charge in [-0.3, -0.25) is 19.4 Å². The van der Waals surface area contributed by atoms with E-state index in [1.54, 1.807) is 24.5 Å². The third kappa shape index (κ3) is 9.09. The van der Waals surface area contributed by atoms with Crippen LogP contribution in [0.2, 0.25) is 0 Å². The lowest BCUT2D eigenvalue weighted by Crippen LogP contribution is -2.46. The zero-order valence-corrected chi connectivity index (χ0v) is 26.8. The van der Waals surface area contributed by atoms with Gasteiger partial charge in [0.15, 0.2) is 11.6 Å². The van der Waals surface area contributed by atoms with Gasteiger partial charge in [-0.1, -0.05) is 60.7 Å². The molecule has 0 amide bonds. The number of pyridine rings is 2.